The van der Waals surface area contributed by atoms with Gasteiger partial charge in [-0.05, 0) is 11.8 Å². The first-order valence-electron chi connectivity index (χ1n) is 7.22. The van der Waals surface area contributed by atoms with Crippen LogP contribution in [0.5, 0.6) is 0 Å². The molecular weight excluding hydrogens is 276 g/mol. The Balaban J connectivity index is 2.40. The van der Waals surface area contributed by atoms with Gasteiger partial charge in [-0.2, -0.15) is 0 Å². The molecule has 0 saturated carbocycles. The van der Waals surface area contributed by atoms with E-state index in [1.165, 1.54) is 29.5 Å². The van der Waals surface area contributed by atoms with Gasteiger partial charge in [0.25, 0.3) is 0 Å². The number of carbonyl (C=O) groups is 2. The molecule has 1 fully saturated rings. The number of carboxylic acid groups (broad SMARTS) is 1. The van der Waals surface area contributed by atoms with Crippen LogP contribution in [0.25, 0.3) is 0 Å². The summed E-state index contributed by atoms with van der Waals surface area (Å²) in [6, 6.07) is -0.950. The van der Waals surface area contributed by atoms with Crippen molar-refractivity contribution in [3.63, 3.8) is 0 Å². The molecule has 1 unspecified atom stereocenters. The molecule has 20 heavy (non-hydrogen) atoms. The van der Waals surface area contributed by atoms with Crippen molar-refractivity contribution in [1.82, 2.24) is 10.2 Å². The van der Waals surface area contributed by atoms with Crippen molar-refractivity contribution in [3.8, 4) is 0 Å². The Kier molecular flexibility index (Phi) is 6.65. The molecule has 1 aliphatic rings. The second-order valence-corrected chi connectivity index (χ2v) is 7.10. The van der Waals surface area contributed by atoms with E-state index < -0.39 is 12.0 Å². The molecule has 0 aromatic rings. The van der Waals surface area contributed by atoms with Crippen molar-refractivity contribution in [3.05, 3.63) is 0 Å². The third kappa shape index (κ3) is 5.23. The molecule has 0 aromatic heterocycles. The first kappa shape index (κ1) is 17.1. The molecule has 1 saturated heterocycles. The lowest BCUT2D eigenvalue weighted by Crippen LogP contribution is -2.48. The molecule has 0 aliphatic carbocycles. The number of carbonyl (C=O) groups excluding carboxylic acids is 1. The molecule has 0 spiro atoms. The minimum Gasteiger partial charge on any atom is -0.480 e. The summed E-state index contributed by atoms with van der Waals surface area (Å²) in [5.41, 5.74) is 0.0520. The third-order valence-corrected chi connectivity index (χ3v) is 4.62. The average molecular weight is 302 g/mol. The van der Waals surface area contributed by atoms with E-state index >= 15 is 0 Å². The Morgan fingerprint density at radius 2 is 2.10 bits per heavy atom. The summed E-state index contributed by atoms with van der Waals surface area (Å²) in [6.07, 6.45) is 4.63. The van der Waals surface area contributed by atoms with Crippen molar-refractivity contribution in [2.75, 3.05) is 18.2 Å². The van der Waals surface area contributed by atoms with Gasteiger partial charge in [0.1, 0.15) is 6.04 Å². The SMILES string of the molecule is CCCCCC(C)(C)CNC(=O)N1CSCC1C(=O)O. The van der Waals surface area contributed by atoms with Crippen LogP contribution in [0.3, 0.4) is 0 Å². The number of urea groups is 1. The van der Waals surface area contributed by atoms with Crippen LogP contribution >= 0.6 is 11.8 Å². The fraction of sp³-hybridized carbons (Fsp3) is 0.857. The van der Waals surface area contributed by atoms with Crippen LogP contribution in [-0.4, -0.2) is 46.2 Å². The Bertz CT molecular complexity index is 347. The second kappa shape index (κ2) is 7.76. The van der Waals surface area contributed by atoms with Gasteiger partial charge in [-0.3, -0.25) is 0 Å². The maximum atomic E-state index is 12.1. The van der Waals surface area contributed by atoms with Gasteiger partial charge in [0.2, 0.25) is 0 Å². The molecule has 5 nitrogen and oxygen atoms in total. The average Bonchev–Trinajstić information content (AvgIpc) is 2.85. The molecule has 0 bridgehead atoms. The smallest absolute Gasteiger partial charge is 0.327 e. The maximum Gasteiger partial charge on any atom is 0.327 e. The van der Waals surface area contributed by atoms with Gasteiger partial charge in [-0.15, -0.1) is 11.8 Å². The second-order valence-electron chi connectivity index (χ2n) is 6.10. The van der Waals surface area contributed by atoms with Gasteiger partial charge in [0.15, 0.2) is 0 Å². The molecule has 0 aromatic carbocycles. The summed E-state index contributed by atoms with van der Waals surface area (Å²) >= 11 is 1.48. The molecule has 6 heteroatoms. The fourth-order valence-corrected chi connectivity index (χ4v) is 3.35. The van der Waals surface area contributed by atoms with Gasteiger partial charge >= 0.3 is 12.0 Å². The number of unbranched alkanes of at least 4 members (excludes halogenated alkanes) is 2. The van der Waals surface area contributed by atoms with Crippen LogP contribution in [-0.2, 0) is 4.79 Å². The number of carboxylic acids is 1. The Morgan fingerprint density at radius 3 is 2.70 bits per heavy atom. The first-order valence-corrected chi connectivity index (χ1v) is 8.38. The number of hydrogen-bond donors (Lipinski definition) is 2. The molecule has 2 amide bonds. The minimum atomic E-state index is -0.924. The summed E-state index contributed by atoms with van der Waals surface area (Å²) < 4.78 is 0. The zero-order chi connectivity index (χ0) is 15.2. The Morgan fingerprint density at radius 1 is 1.40 bits per heavy atom. The van der Waals surface area contributed by atoms with E-state index in [9.17, 15) is 9.59 Å². The van der Waals surface area contributed by atoms with Crippen LogP contribution in [0.2, 0.25) is 0 Å². The summed E-state index contributed by atoms with van der Waals surface area (Å²) in [5.74, 6) is 0.00851. The highest BCUT2D eigenvalue weighted by atomic mass is 32.2. The Hall–Kier alpha value is -0.910. The van der Waals surface area contributed by atoms with Crippen molar-refractivity contribution >= 4 is 23.8 Å². The first-order chi connectivity index (χ1) is 9.37. The predicted octanol–water partition coefficient (Wildman–Crippen LogP) is 2.76. The van der Waals surface area contributed by atoms with Crippen molar-refractivity contribution in [1.29, 1.82) is 0 Å². The van der Waals surface area contributed by atoms with Crippen LogP contribution in [0.15, 0.2) is 0 Å². The van der Waals surface area contributed by atoms with E-state index in [0.717, 1.165) is 12.8 Å². The van der Waals surface area contributed by atoms with E-state index in [0.29, 0.717) is 18.2 Å². The summed E-state index contributed by atoms with van der Waals surface area (Å²) in [7, 11) is 0. The maximum absolute atomic E-state index is 12.1. The lowest BCUT2D eigenvalue weighted by molar-refractivity contribution is -0.140. The van der Waals surface area contributed by atoms with Crippen LogP contribution in [0, 0.1) is 5.41 Å². The zero-order valence-corrected chi connectivity index (χ0v) is 13.5. The standard InChI is InChI=1S/C14H26N2O3S/c1-4-5-6-7-14(2,3)9-15-13(19)16-10-20-8-11(16)12(17)18/h11H,4-10H2,1-3H3,(H,15,19)(H,17,18). The number of nitrogens with zero attached hydrogens (tertiary/aromatic N) is 1. The Labute approximate surface area is 125 Å². The quantitative estimate of drug-likeness (QED) is 0.710. The number of hydrogen-bond acceptors (Lipinski definition) is 3. The van der Waals surface area contributed by atoms with Crippen LogP contribution < -0.4 is 5.32 Å². The molecule has 0 radical (unpaired) electrons. The van der Waals surface area contributed by atoms with Crippen molar-refractivity contribution < 1.29 is 14.7 Å². The topological polar surface area (TPSA) is 69.6 Å². The van der Waals surface area contributed by atoms with Crippen molar-refractivity contribution in [2.24, 2.45) is 5.41 Å². The molecule has 1 atom stereocenters. The predicted molar refractivity (Wildman–Crippen MR) is 81.9 cm³/mol. The zero-order valence-electron chi connectivity index (χ0n) is 12.6. The van der Waals surface area contributed by atoms with E-state index in [2.05, 4.69) is 26.1 Å². The van der Waals surface area contributed by atoms with Gasteiger partial charge in [-0.1, -0.05) is 40.0 Å². The van der Waals surface area contributed by atoms with E-state index in [1.807, 2.05) is 0 Å². The van der Waals surface area contributed by atoms with E-state index in [-0.39, 0.29) is 11.4 Å². The lowest BCUT2D eigenvalue weighted by Gasteiger charge is -2.27. The summed E-state index contributed by atoms with van der Waals surface area (Å²) in [4.78, 5) is 24.5. The number of thioether (sulfide) groups is 1. The molecule has 1 aliphatic heterocycles. The molecule has 116 valence electrons. The van der Waals surface area contributed by atoms with E-state index in [1.54, 1.807) is 0 Å². The summed E-state index contributed by atoms with van der Waals surface area (Å²) in [6.45, 7) is 7.03. The molecule has 1 rings (SSSR count). The summed E-state index contributed by atoms with van der Waals surface area (Å²) in [5, 5.41) is 12.0. The van der Waals surface area contributed by atoms with E-state index in [4.69, 9.17) is 5.11 Å². The highest BCUT2D eigenvalue weighted by Gasteiger charge is 2.35. The van der Waals surface area contributed by atoms with Gasteiger partial charge in [0, 0.05) is 12.3 Å². The highest BCUT2D eigenvalue weighted by molar-refractivity contribution is 7.99. The number of aliphatic carboxylic acids is 1. The monoisotopic (exact) mass is 302 g/mol. The van der Waals surface area contributed by atoms with Crippen LogP contribution in [0.4, 0.5) is 4.79 Å². The lowest BCUT2D eigenvalue weighted by atomic mass is 9.87. The molecular formula is C14H26N2O3S. The van der Waals surface area contributed by atoms with Gasteiger partial charge in [0.05, 0.1) is 5.88 Å². The largest absolute Gasteiger partial charge is 0.480 e. The van der Waals surface area contributed by atoms with Crippen LogP contribution in [0.1, 0.15) is 46.5 Å². The third-order valence-electron chi connectivity index (χ3n) is 3.60. The van der Waals surface area contributed by atoms with Gasteiger partial charge < -0.3 is 15.3 Å². The van der Waals surface area contributed by atoms with Gasteiger partial charge in [-0.25, -0.2) is 9.59 Å². The van der Waals surface area contributed by atoms with Crippen molar-refractivity contribution in [2.45, 2.75) is 52.5 Å². The fourth-order valence-electron chi connectivity index (χ4n) is 2.21. The number of amides is 2. The molecule has 2 N–H and O–H groups in total. The number of nitrogens with one attached hydrogen (secondary N) is 1. The highest BCUT2D eigenvalue weighted by Crippen LogP contribution is 2.24. The minimum absolute atomic E-state index is 0.0520. The number of rotatable bonds is 7. The molecule has 1 heterocycles. The normalized spacial score (nSPS) is 19.1.